The number of aromatic nitrogens is 1. The molecule has 5 nitrogen and oxygen atoms in total. The summed E-state index contributed by atoms with van der Waals surface area (Å²) in [4.78, 5) is 6.53. The molecule has 0 spiro atoms. The second-order valence-electron chi connectivity index (χ2n) is 4.65. The molecule has 0 aliphatic heterocycles. The van der Waals surface area contributed by atoms with Crippen LogP contribution in [0.25, 0.3) is 0 Å². The van der Waals surface area contributed by atoms with Crippen molar-refractivity contribution in [2.45, 2.75) is 19.9 Å². The molecule has 1 rings (SSSR count). The Kier molecular flexibility index (Phi) is 8.95. The molecule has 0 bridgehead atoms. The van der Waals surface area contributed by atoms with Crippen molar-refractivity contribution in [1.29, 1.82) is 0 Å². The van der Waals surface area contributed by atoms with Crippen LogP contribution in [-0.4, -0.2) is 52.1 Å². The van der Waals surface area contributed by atoms with E-state index >= 15 is 0 Å². The number of nitrogens with one attached hydrogen (secondary N) is 1. The summed E-state index contributed by atoms with van der Waals surface area (Å²) in [5.74, 6) is 0. The van der Waals surface area contributed by atoms with Crippen molar-refractivity contribution in [2.24, 2.45) is 0 Å². The average Bonchev–Trinajstić information content (AvgIpc) is 2.48. The van der Waals surface area contributed by atoms with Crippen LogP contribution in [0, 0.1) is 0 Å². The average molecular weight is 281 g/mol. The Hall–Kier alpha value is -1.17. The lowest BCUT2D eigenvalue weighted by molar-refractivity contribution is 0.190. The summed E-state index contributed by atoms with van der Waals surface area (Å²) in [7, 11) is 3.45. The van der Waals surface area contributed by atoms with Gasteiger partial charge in [0.15, 0.2) is 0 Å². The van der Waals surface area contributed by atoms with Gasteiger partial charge in [0, 0.05) is 57.5 Å². The molecular formula is C15H27N3O2. The van der Waals surface area contributed by atoms with E-state index in [-0.39, 0.29) is 0 Å². The molecule has 0 saturated carbocycles. The van der Waals surface area contributed by atoms with Crippen molar-refractivity contribution in [3.8, 4) is 0 Å². The van der Waals surface area contributed by atoms with Crippen molar-refractivity contribution < 1.29 is 9.47 Å². The normalized spacial score (nSPS) is 10.8. The number of hydrogen-bond acceptors (Lipinski definition) is 5. The van der Waals surface area contributed by atoms with Gasteiger partial charge >= 0.3 is 0 Å². The van der Waals surface area contributed by atoms with Crippen LogP contribution >= 0.6 is 0 Å². The number of pyridine rings is 1. The van der Waals surface area contributed by atoms with Crippen LogP contribution in [0.1, 0.15) is 18.9 Å². The lowest BCUT2D eigenvalue weighted by atomic mass is 10.2. The van der Waals surface area contributed by atoms with Crippen molar-refractivity contribution in [3.05, 3.63) is 24.0 Å². The zero-order chi connectivity index (χ0) is 14.6. The van der Waals surface area contributed by atoms with Gasteiger partial charge in [-0.05, 0) is 19.0 Å². The van der Waals surface area contributed by atoms with Crippen LogP contribution in [0.3, 0.4) is 0 Å². The highest BCUT2D eigenvalue weighted by molar-refractivity contribution is 5.52. The Morgan fingerprint density at radius 3 is 2.50 bits per heavy atom. The van der Waals surface area contributed by atoms with Gasteiger partial charge in [0.25, 0.3) is 0 Å². The van der Waals surface area contributed by atoms with E-state index in [0.717, 1.165) is 32.6 Å². The Balaban J connectivity index is 2.75. The molecule has 0 radical (unpaired) electrons. The van der Waals surface area contributed by atoms with E-state index in [1.807, 2.05) is 12.4 Å². The first kappa shape index (κ1) is 16.9. The number of hydrogen-bond donors (Lipinski definition) is 1. The summed E-state index contributed by atoms with van der Waals surface area (Å²) in [5.41, 5.74) is 2.42. The minimum Gasteiger partial charge on any atom is -0.383 e. The zero-order valence-corrected chi connectivity index (χ0v) is 12.9. The molecule has 0 fully saturated rings. The largest absolute Gasteiger partial charge is 0.383 e. The first-order chi connectivity index (χ1) is 9.83. The minimum absolute atomic E-state index is 0.702. The Morgan fingerprint density at radius 2 is 1.90 bits per heavy atom. The van der Waals surface area contributed by atoms with Gasteiger partial charge in [-0.2, -0.15) is 0 Å². The lowest BCUT2D eigenvalue weighted by Crippen LogP contribution is -2.32. The predicted octanol–water partition coefficient (Wildman–Crippen LogP) is 1.68. The van der Waals surface area contributed by atoms with Crippen LogP contribution < -0.4 is 10.2 Å². The van der Waals surface area contributed by atoms with Crippen molar-refractivity contribution in [2.75, 3.05) is 52.0 Å². The molecule has 1 aromatic rings. The number of nitrogens with zero attached hydrogens (tertiary/aromatic N) is 2. The Bertz CT molecular complexity index is 353. The lowest BCUT2D eigenvalue weighted by Gasteiger charge is -2.26. The van der Waals surface area contributed by atoms with Gasteiger partial charge in [-0.1, -0.05) is 6.92 Å². The molecule has 1 aromatic heterocycles. The molecule has 0 aromatic carbocycles. The van der Waals surface area contributed by atoms with Crippen LogP contribution in [0.15, 0.2) is 18.5 Å². The molecule has 5 heteroatoms. The maximum atomic E-state index is 5.20. The highest BCUT2D eigenvalue weighted by Gasteiger charge is 2.10. The smallest absolute Gasteiger partial charge is 0.0637 e. The molecule has 1 heterocycles. The van der Waals surface area contributed by atoms with E-state index in [2.05, 4.69) is 28.2 Å². The molecule has 0 amide bonds. The summed E-state index contributed by atoms with van der Waals surface area (Å²) in [6.07, 6.45) is 4.91. The van der Waals surface area contributed by atoms with Crippen LogP contribution in [0.2, 0.25) is 0 Å². The monoisotopic (exact) mass is 281 g/mol. The zero-order valence-electron chi connectivity index (χ0n) is 12.9. The van der Waals surface area contributed by atoms with E-state index in [0.29, 0.717) is 13.2 Å². The molecule has 0 aliphatic carbocycles. The van der Waals surface area contributed by atoms with Crippen LogP contribution in [0.5, 0.6) is 0 Å². The molecule has 0 saturated heterocycles. The second kappa shape index (κ2) is 10.6. The maximum absolute atomic E-state index is 5.20. The van der Waals surface area contributed by atoms with E-state index in [1.54, 1.807) is 14.2 Å². The summed E-state index contributed by atoms with van der Waals surface area (Å²) in [6, 6.07) is 2.06. The fourth-order valence-electron chi connectivity index (χ4n) is 2.02. The highest BCUT2D eigenvalue weighted by atomic mass is 16.5. The van der Waals surface area contributed by atoms with Gasteiger partial charge in [-0.15, -0.1) is 0 Å². The predicted molar refractivity (Wildman–Crippen MR) is 82.2 cm³/mol. The SMILES string of the molecule is CCCNCc1cnccc1N(CCOC)CCOC. The number of anilines is 1. The third-order valence-electron chi connectivity index (χ3n) is 3.09. The van der Waals surface area contributed by atoms with Crippen molar-refractivity contribution in [1.82, 2.24) is 10.3 Å². The first-order valence-corrected chi connectivity index (χ1v) is 7.19. The van der Waals surface area contributed by atoms with E-state index in [9.17, 15) is 0 Å². The van der Waals surface area contributed by atoms with Crippen molar-refractivity contribution >= 4 is 5.69 Å². The summed E-state index contributed by atoms with van der Waals surface area (Å²) in [5, 5.41) is 3.43. The molecule has 0 atom stereocenters. The second-order valence-corrected chi connectivity index (χ2v) is 4.65. The number of methoxy groups -OCH3 is 2. The summed E-state index contributed by atoms with van der Waals surface area (Å²) in [6.45, 7) is 7.13. The van der Waals surface area contributed by atoms with Gasteiger partial charge in [-0.25, -0.2) is 0 Å². The standard InChI is InChI=1S/C15H27N3O2/c1-4-6-16-12-14-13-17-7-5-15(14)18(8-10-19-2)9-11-20-3/h5,7,13,16H,4,6,8-12H2,1-3H3. The van der Waals surface area contributed by atoms with Crippen LogP contribution in [-0.2, 0) is 16.0 Å². The topological polar surface area (TPSA) is 46.6 Å². The van der Waals surface area contributed by atoms with E-state index < -0.39 is 0 Å². The van der Waals surface area contributed by atoms with E-state index in [1.165, 1.54) is 11.3 Å². The molecule has 1 N–H and O–H groups in total. The van der Waals surface area contributed by atoms with Gasteiger partial charge < -0.3 is 19.7 Å². The fraction of sp³-hybridized carbons (Fsp3) is 0.667. The fourth-order valence-corrected chi connectivity index (χ4v) is 2.02. The molecule has 20 heavy (non-hydrogen) atoms. The highest BCUT2D eigenvalue weighted by Crippen LogP contribution is 2.19. The Morgan fingerprint density at radius 1 is 1.20 bits per heavy atom. The van der Waals surface area contributed by atoms with Crippen molar-refractivity contribution in [3.63, 3.8) is 0 Å². The van der Waals surface area contributed by atoms with Gasteiger partial charge in [0.2, 0.25) is 0 Å². The number of ether oxygens (including phenoxy) is 2. The van der Waals surface area contributed by atoms with E-state index in [4.69, 9.17) is 9.47 Å². The third-order valence-corrected chi connectivity index (χ3v) is 3.09. The molecule has 0 aliphatic rings. The van der Waals surface area contributed by atoms with Gasteiger partial charge in [0.1, 0.15) is 0 Å². The number of rotatable bonds is 11. The van der Waals surface area contributed by atoms with Gasteiger partial charge in [-0.3, -0.25) is 4.98 Å². The van der Waals surface area contributed by atoms with Gasteiger partial charge in [0.05, 0.1) is 13.2 Å². The quantitative estimate of drug-likeness (QED) is 0.625. The summed E-state index contributed by atoms with van der Waals surface area (Å²) < 4.78 is 10.4. The minimum atomic E-state index is 0.702. The molecule has 0 unspecified atom stereocenters. The Labute approximate surface area is 122 Å². The first-order valence-electron chi connectivity index (χ1n) is 7.19. The molecular weight excluding hydrogens is 254 g/mol. The van der Waals surface area contributed by atoms with Crippen LogP contribution in [0.4, 0.5) is 5.69 Å². The third kappa shape index (κ3) is 5.86. The maximum Gasteiger partial charge on any atom is 0.0637 e. The summed E-state index contributed by atoms with van der Waals surface area (Å²) >= 11 is 0. The molecule has 114 valence electrons.